The number of aryl methyl sites for hydroxylation is 1. The van der Waals surface area contributed by atoms with E-state index in [2.05, 4.69) is 4.98 Å². The van der Waals surface area contributed by atoms with E-state index in [1.807, 2.05) is 0 Å². The molecule has 0 spiro atoms. The largest absolute Gasteiger partial charge is 0.465 e. The van der Waals surface area contributed by atoms with Crippen molar-refractivity contribution in [1.82, 2.24) is 4.98 Å². The first-order valence-corrected chi connectivity index (χ1v) is 7.54. The van der Waals surface area contributed by atoms with E-state index < -0.39 is 29.6 Å². The average Bonchev–Trinajstić information content (AvgIpc) is 2.87. The van der Waals surface area contributed by atoms with Gasteiger partial charge in [0.2, 0.25) is 5.78 Å². The van der Waals surface area contributed by atoms with Gasteiger partial charge < -0.3 is 14.5 Å². The molecule has 1 aromatic carbocycles. The highest BCUT2D eigenvalue weighted by Gasteiger charge is 2.27. The first kappa shape index (κ1) is 18.4. The monoisotopic (exact) mass is 347 g/mol. The maximum absolute atomic E-state index is 13.2. The van der Waals surface area contributed by atoms with E-state index in [9.17, 15) is 18.8 Å². The molecule has 1 atom stereocenters. The third kappa shape index (κ3) is 3.76. The van der Waals surface area contributed by atoms with Crippen LogP contribution in [0.2, 0.25) is 0 Å². The highest BCUT2D eigenvalue weighted by atomic mass is 19.1. The zero-order valence-electron chi connectivity index (χ0n) is 14.3. The fourth-order valence-corrected chi connectivity index (χ4v) is 2.51. The van der Waals surface area contributed by atoms with Crippen molar-refractivity contribution >= 4 is 17.7 Å². The predicted molar refractivity (Wildman–Crippen MR) is 87.2 cm³/mol. The van der Waals surface area contributed by atoms with Crippen molar-refractivity contribution in [3.8, 4) is 0 Å². The molecule has 1 heterocycles. The lowest BCUT2D eigenvalue weighted by atomic mass is 10.1. The molecule has 2 aromatic rings. The number of halogens is 1. The van der Waals surface area contributed by atoms with Gasteiger partial charge in [0, 0.05) is 5.69 Å². The van der Waals surface area contributed by atoms with Crippen LogP contribution < -0.4 is 0 Å². The van der Waals surface area contributed by atoms with Gasteiger partial charge in [-0.25, -0.2) is 14.0 Å². The normalized spacial score (nSPS) is 11.7. The van der Waals surface area contributed by atoms with Crippen LogP contribution >= 0.6 is 0 Å². The van der Waals surface area contributed by atoms with Gasteiger partial charge in [-0.1, -0.05) is 6.07 Å². The zero-order valence-corrected chi connectivity index (χ0v) is 14.3. The second kappa shape index (κ2) is 7.29. The molecule has 25 heavy (non-hydrogen) atoms. The van der Waals surface area contributed by atoms with Crippen LogP contribution in [0.15, 0.2) is 24.3 Å². The average molecular weight is 347 g/mol. The van der Waals surface area contributed by atoms with E-state index in [4.69, 9.17) is 9.47 Å². The van der Waals surface area contributed by atoms with Crippen LogP contribution in [0.1, 0.15) is 49.4 Å². The molecule has 1 aromatic heterocycles. The number of hydrogen-bond acceptors (Lipinski definition) is 5. The summed E-state index contributed by atoms with van der Waals surface area (Å²) in [5.74, 6) is -2.45. The summed E-state index contributed by atoms with van der Waals surface area (Å²) in [7, 11) is 1.25. The summed E-state index contributed by atoms with van der Waals surface area (Å²) in [5.41, 5.74) is 1.35. The van der Waals surface area contributed by atoms with Crippen LogP contribution in [-0.2, 0) is 9.47 Å². The molecule has 132 valence electrons. The van der Waals surface area contributed by atoms with Crippen molar-refractivity contribution in [1.29, 1.82) is 0 Å². The van der Waals surface area contributed by atoms with E-state index in [0.717, 1.165) is 6.07 Å². The van der Waals surface area contributed by atoms with E-state index >= 15 is 0 Å². The number of H-pyrrole nitrogens is 1. The fourth-order valence-electron chi connectivity index (χ4n) is 2.51. The molecule has 0 fully saturated rings. The van der Waals surface area contributed by atoms with Crippen molar-refractivity contribution in [3.63, 3.8) is 0 Å². The molecule has 2 rings (SSSR count). The second-order valence-corrected chi connectivity index (χ2v) is 5.54. The van der Waals surface area contributed by atoms with Gasteiger partial charge in [0.25, 0.3) is 0 Å². The quantitative estimate of drug-likeness (QED) is 0.664. The van der Waals surface area contributed by atoms with Crippen molar-refractivity contribution in [3.05, 3.63) is 58.2 Å². The third-order valence-corrected chi connectivity index (χ3v) is 3.79. The van der Waals surface area contributed by atoms with Crippen LogP contribution in [-0.4, -0.2) is 35.9 Å². The Hall–Kier alpha value is -2.96. The lowest BCUT2D eigenvalue weighted by Crippen LogP contribution is -2.25. The van der Waals surface area contributed by atoms with Crippen molar-refractivity contribution in [2.45, 2.75) is 26.9 Å². The number of Topliss-reactive ketones (excluding diaryl/α,β-unsaturated/α-hetero) is 1. The summed E-state index contributed by atoms with van der Waals surface area (Å²) in [6.07, 6.45) is -1.11. The minimum atomic E-state index is -1.11. The van der Waals surface area contributed by atoms with Gasteiger partial charge in [0.05, 0.1) is 23.9 Å². The SMILES string of the molecule is COC(=O)c1c(C)[nH]c(C(=O)[C@@H](C)OC(=O)c2cccc(F)c2)c1C. The molecule has 0 aliphatic rings. The minimum Gasteiger partial charge on any atom is -0.465 e. The highest BCUT2D eigenvalue weighted by Crippen LogP contribution is 2.21. The molecule has 0 bridgehead atoms. The zero-order chi connectivity index (χ0) is 18.7. The van der Waals surface area contributed by atoms with Crippen LogP contribution in [0, 0.1) is 19.7 Å². The van der Waals surface area contributed by atoms with E-state index in [-0.39, 0.29) is 16.8 Å². The summed E-state index contributed by atoms with van der Waals surface area (Å²) in [6, 6.07) is 4.99. The number of aromatic nitrogens is 1. The smallest absolute Gasteiger partial charge is 0.339 e. The van der Waals surface area contributed by atoms with Crippen LogP contribution in [0.5, 0.6) is 0 Å². The maximum atomic E-state index is 13.2. The summed E-state index contributed by atoms with van der Waals surface area (Å²) in [4.78, 5) is 39.2. The van der Waals surface area contributed by atoms with Gasteiger partial charge >= 0.3 is 11.9 Å². The second-order valence-electron chi connectivity index (χ2n) is 5.54. The fraction of sp³-hybridized carbons (Fsp3) is 0.278. The number of carbonyl (C=O) groups excluding carboxylic acids is 3. The molecule has 6 nitrogen and oxygen atoms in total. The summed E-state index contributed by atoms with van der Waals surface area (Å²) in [5, 5.41) is 0. The Balaban J connectivity index is 2.20. The molecule has 7 heteroatoms. The Morgan fingerprint density at radius 2 is 1.84 bits per heavy atom. The van der Waals surface area contributed by atoms with E-state index in [1.54, 1.807) is 13.8 Å². The molecule has 1 N–H and O–H groups in total. The van der Waals surface area contributed by atoms with Crippen molar-refractivity contribution in [2.24, 2.45) is 0 Å². The lowest BCUT2D eigenvalue weighted by molar-refractivity contribution is 0.0316. The first-order valence-electron chi connectivity index (χ1n) is 7.54. The molecule has 0 unspecified atom stereocenters. The number of aromatic amines is 1. The molecular weight excluding hydrogens is 329 g/mol. The lowest BCUT2D eigenvalue weighted by Gasteiger charge is -2.12. The van der Waals surface area contributed by atoms with Gasteiger partial charge in [-0.3, -0.25) is 4.79 Å². The number of hydrogen-bond donors (Lipinski definition) is 1. The Bertz CT molecular complexity index is 840. The molecule has 0 aliphatic carbocycles. The van der Waals surface area contributed by atoms with Crippen LogP contribution in [0.4, 0.5) is 4.39 Å². The Labute approximate surface area is 143 Å². The predicted octanol–water partition coefficient (Wildman–Crippen LogP) is 2.99. The van der Waals surface area contributed by atoms with Crippen LogP contribution in [0.25, 0.3) is 0 Å². The topological polar surface area (TPSA) is 85.5 Å². The molecule has 0 radical (unpaired) electrons. The maximum Gasteiger partial charge on any atom is 0.339 e. The van der Waals surface area contributed by atoms with Gasteiger partial charge in [-0.15, -0.1) is 0 Å². The number of carbonyl (C=O) groups is 3. The van der Waals surface area contributed by atoms with Gasteiger partial charge in [0.15, 0.2) is 6.10 Å². The van der Waals surface area contributed by atoms with Crippen LogP contribution in [0.3, 0.4) is 0 Å². The summed E-state index contributed by atoms with van der Waals surface area (Å²) in [6.45, 7) is 4.65. The molecular formula is C18H18FNO5. The Kier molecular flexibility index (Phi) is 5.36. The Morgan fingerprint density at radius 3 is 2.44 bits per heavy atom. The third-order valence-electron chi connectivity index (χ3n) is 3.79. The summed E-state index contributed by atoms with van der Waals surface area (Å²) < 4.78 is 23.0. The molecule has 0 amide bonds. The van der Waals surface area contributed by atoms with Gasteiger partial charge in [0.1, 0.15) is 5.82 Å². The van der Waals surface area contributed by atoms with Crippen molar-refractivity contribution in [2.75, 3.05) is 7.11 Å². The number of methoxy groups -OCH3 is 1. The number of benzene rings is 1. The van der Waals surface area contributed by atoms with E-state index in [1.165, 1.54) is 32.2 Å². The molecule has 0 saturated carbocycles. The number of nitrogens with one attached hydrogen (secondary N) is 1. The number of rotatable bonds is 5. The highest BCUT2D eigenvalue weighted by molar-refractivity contribution is 6.04. The number of ether oxygens (including phenoxy) is 2. The number of esters is 2. The standard InChI is InChI=1S/C18H18FNO5/c1-9-14(18(23)24-4)10(2)20-15(9)16(21)11(3)25-17(22)12-6-5-7-13(19)8-12/h5-8,11,20H,1-4H3/t11-/m1/s1. The minimum absolute atomic E-state index is 0.00860. The first-order chi connectivity index (χ1) is 11.8. The van der Waals surface area contributed by atoms with Crippen molar-refractivity contribution < 1.29 is 28.2 Å². The molecule has 0 saturated heterocycles. The van der Waals surface area contributed by atoms with Gasteiger partial charge in [-0.05, 0) is 44.5 Å². The van der Waals surface area contributed by atoms with E-state index in [0.29, 0.717) is 11.3 Å². The van der Waals surface area contributed by atoms with Gasteiger partial charge in [-0.2, -0.15) is 0 Å². The molecule has 0 aliphatic heterocycles. The summed E-state index contributed by atoms with van der Waals surface area (Å²) >= 11 is 0. The Morgan fingerprint density at radius 1 is 1.16 bits per heavy atom. The number of ketones is 1.